The number of rotatable bonds is 2. The molecule has 3 aromatic rings. The van der Waals surface area contributed by atoms with E-state index < -0.39 is 0 Å². The van der Waals surface area contributed by atoms with E-state index in [1.165, 1.54) is 6.33 Å². The summed E-state index contributed by atoms with van der Waals surface area (Å²) in [5.74, 6) is 0.737. The fourth-order valence-electron chi connectivity index (χ4n) is 1.80. The first kappa shape index (κ1) is 14.8. The van der Waals surface area contributed by atoms with Crippen LogP contribution in [0.25, 0.3) is 22.5 Å². The molecule has 0 unspecified atom stereocenters. The van der Waals surface area contributed by atoms with Crippen molar-refractivity contribution in [2.75, 3.05) is 0 Å². The lowest BCUT2D eigenvalue weighted by molar-refractivity contribution is 1.14. The molecule has 0 bridgehead atoms. The Kier molecular flexibility index (Phi) is 5.10. The highest BCUT2D eigenvalue weighted by molar-refractivity contribution is 5.66. The van der Waals surface area contributed by atoms with Gasteiger partial charge in [0.25, 0.3) is 0 Å². The van der Waals surface area contributed by atoms with Gasteiger partial charge in [-0.05, 0) is 18.1 Å². The molecule has 0 fully saturated rings. The summed E-state index contributed by atoms with van der Waals surface area (Å²) in [5.41, 5.74) is 4.14. The minimum Gasteiger partial charge on any atom is -0.244 e. The molecule has 21 heavy (non-hydrogen) atoms. The molecule has 2 heterocycles. The van der Waals surface area contributed by atoms with Gasteiger partial charge in [0.05, 0.1) is 0 Å². The molecule has 3 rings (SSSR count). The number of aromatic nitrogens is 4. The summed E-state index contributed by atoms with van der Waals surface area (Å²) in [4.78, 5) is 16.7. The van der Waals surface area contributed by atoms with Gasteiger partial charge in [0.2, 0.25) is 0 Å². The third kappa shape index (κ3) is 3.69. The molecule has 0 amide bonds. The van der Waals surface area contributed by atoms with Crippen molar-refractivity contribution in [3.8, 4) is 22.5 Å². The van der Waals surface area contributed by atoms with Gasteiger partial charge in [-0.1, -0.05) is 38.1 Å². The second kappa shape index (κ2) is 7.24. The van der Waals surface area contributed by atoms with Gasteiger partial charge in [0.1, 0.15) is 6.33 Å². The fourth-order valence-corrected chi connectivity index (χ4v) is 1.80. The predicted molar refractivity (Wildman–Crippen MR) is 84.6 cm³/mol. The van der Waals surface area contributed by atoms with Gasteiger partial charge in [0, 0.05) is 35.9 Å². The first-order valence-electron chi connectivity index (χ1n) is 6.97. The average Bonchev–Trinajstić information content (AvgIpc) is 2.58. The van der Waals surface area contributed by atoms with Crippen LogP contribution in [0.3, 0.4) is 0 Å². The zero-order chi connectivity index (χ0) is 15.1. The van der Waals surface area contributed by atoms with Crippen LogP contribution in [0.2, 0.25) is 0 Å². The highest BCUT2D eigenvalue weighted by Gasteiger charge is 2.02. The van der Waals surface area contributed by atoms with Crippen LogP contribution in [-0.4, -0.2) is 19.9 Å². The average molecular weight is 278 g/mol. The Labute approximate surface area is 125 Å². The second-order valence-corrected chi connectivity index (χ2v) is 4.29. The lowest BCUT2D eigenvalue weighted by Crippen LogP contribution is -1.89. The van der Waals surface area contributed by atoms with E-state index >= 15 is 0 Å². The van der Waals surface area contributed by atoms with Gasteiger partial charge in [0.15, 0.2) is 5.82 Å². The second-order valence-electron chi connectivity index (χ2n) is 4.29. The van der Waals surface area contributed by atoms with Crippen molar-refractivity contribution in [1.82, 2.24) is 19.9 Å². The lowest BCUT2D eigenvalue weighted by atomic mass is 10.1. The van der Waals surface area contributed by atoms with Gasteiger partial charge >= 0.3 is 0 Å². The maximum atomic E-state index is 4.32. The third-order valence-electron chi connectivity index (χ3n) is 2.82. The molecule has 0 N–H and O–H groups in total. The minimum atomic E-state index is 0.737. The van der Waals surface area contributed by atoms with Gasteiger partial charge < -0.3 is 0 Å². The summed E-state index contributed by atoms with van der Waals surface area (Å²) < 4.78 is 0. The van der Waals surface area contributed by atoms with Gasteiger partial charge in [-0.2, -0.15) is 0 Å². The SMILES string of the molecule is CC.Cc1cnc(-c2ccc(-c3cncnc3)cc2)nc1. The number of benzene rings is 1. The summed E-state index contributed by atoms with van der Waals surface area (Å²) >= 11 is 0. The Morgan fingerprint density at radius 2 is 1.19 bits per heavy atom. The monoisotopic (exact) mass is 278 g/mol. The highest BCUT2D eigenvalue weighted by atomic mass is 14.9. The zero-order valence-electron chi connectivity index (χ0n) is 12.5. The van der Waals surface area contributed by atoms with Crippen molar-refractivity contribution in [1.29, 1.82) is 0 Å². The molecule has 4 nitrogen and oxygen atoms in total. The molecule has 0 saturated heterocycles. The first-order chi connectivity index (χ1) is 10.3. The van der Waals surface area contributed by atoms with Crippen molar-refractivity contribution in [2.24, 2.45) is 0 Å². The van der Waals surface area contributed by atoms with Gasteiger partial charge in [-0.3, -0.25) is 0 Å². The van der Waals surface area contributed by atoms with Gasteiger partial charge in [-0.25, -0.2) is 19.9 Å². The maximum Gasteiger partial charge on any atom is 0.159 e. The van der Waals surface area contributed by atoms with Crippen LogP contribution < -0.4 is 0 Å². The van der Waals surface area contributed by atoms with Crippen LogP contribution >= 0.6 is 0 Å². The Morgan fingerprint density at radius 1 is 0.667 bits per heavy atom. The molecule has 2 aromatic heterocycles. The molecule has 0 aliphatic carbocycles. The van der Waals surface area contributed by atoms with E-state index in [9.17, 15) is 0 Å². The Morgan fingerprint density at radius 3 is 1.76 bits per heavy atom. The van der Waals surface area contributed by atoms with E-state index in [1.54, 1.807) is 12.4 Å². The third-order valence-corrected chi connectivity index (χ3v) is 2.82. The van der Waals surface area contributed by atoms with E-state index in [4.69, 9.17) is 0 Å². The normalized spacial score (nSPS) is 9.67. The number of hydrogen-bond donors (Lipinski definition) is 0. The molecule has 0 spiro atoms. The molecule has 1 aromatic carbocycles. The van der Waals surface area contributed by atoms with Crippen LogP contribution in [0.1, 0.15) is 19.4 Å². The van der Waals surface area contributed by atoms with E-state index in [2.05, 4.69) is 19.9 Å². The first-order valence-corrected chi connectivity index (χ1v) is 6.97. The number of aryl methyl sites for hydroxylation is 1. The summed E-state index contributed by atoms with van der Waals surface area (Å²) in [5, 5.41) is 0. The Bertz CT molecular complexity index is 661. The molecular weight excluding hydrogens is 260 g/mol. The lowest BCUT2D eigenvalue weighted by Gasteiger charge is -2.03. The summed E-state index contributed by atoms with van der Waals surface area (Å²) in [7, 11) is 0. The van der Waals surface area contributed by atoms with Crippen molar-refractivity contribution < 1.29 is 0 Å². The van der Waals surface area contributed by atoms with Crippen LogP contribution in [0.5, 0.6) is 0 Å². The van der Waals surface area contributed by atoms with E-state index in [0.29, 0.717) is 0 Å². The van der Waals surface area contributed by atoms with Crippen LogP contribution in [0, 0.1) is 6.92 Å². The largest absolute Gasteiger partial charge is 0.244 e. The highest BCUT2D eigenvalue weighted by Crippen LogP contribution is 2.21. The number of hydrogen-bond acceptors (Lipinski definition) is 4. The maximum absolute atomic E-state index is 4.32. The molecule has 0 radical (unpaired) electrons. The molecule has 0 aliphatic rings. The number of nitrogens with zero attached hydrogens (tertiary/aromatic N) is 4. The van der Waals surface area contributed by atoms with Crippen LogP contribution in [0.4, 0.5) is 0 Å². The molecule has 106 valence electrons. The van der Waals surface area contributed by atoms with E-state index in [1.807, 2.05) is 57.4 Å². The standard InChI is InChI=1S/C15H12N4.C2H6/c1-11-6-18-15(19-7-11)13-4-2-12(3-5-13)14-8-16-10-17-9-14;1-2/h2-10H,1H3;1-2H3. The Balaban J connectivity index is 0.000000774. The molecule has 0 atom stereocenters. The van der Waals surface area contributed by atoms with Crippen molar-refractivity contribution >= 4 is 0 Å². The van der Waals surface area contributed by atoms with Crippen molar-refractivity contribution in [2.45, 2.75) is 20.8 Å². The summed E-state index contributed by atoms with van der Waals surface area (Å²) in [6, 6.07) is 8.06. The van der Waals surface area contributed by atoms with Crippen LogP contribution in [0.15, 0.2) is 55.4 Å². The summed E-state index contributed by atoms with van der Waals surface area (Å²) in [6.45, 7) is 5.97. The topological polar surface area (TPSA) is 51.6 Å². The quantitative estimate of drug-likeness (QED) is 0.712. The molecule has 0 saturated carbocycles. The zero-order valence-corrected chi connectivity index (χ0v) is 12.5. The predicted octanol–water partition coefficient (Wildman–Crippen LogP) is 3.94. The van der Waals surface area contributed by atoms with Crippen molar-refractivity contribution in [3.63, 3.8) is 0 Å². The van der Waals surface area contributed by atoms with Crippen LogP contribution in [-0.2, 0) is 0 Å². The Hall–Kier alpha value is -2.62. The van der Waals surface area contributed by atoms with Crippen molar-refractivity contribution in [3.05, 3.63) is 60.9 Å². The molecular formula is C17H18N4. The fraction of sp³-hybridized carbons (Fsp3) is 0.176. The minimum absolute atomic E-state index is 0.737. The smallest absolute Gasteiger partial charge is 0.159 e. The summed E-state index contributed by atoms with van der Waals surface area (Å²) in [6.07, 6.45) is 8.76. The molecule has 4 heteroatoms. The van der Waals surface area contributed by atoms with Gasteiger partial charge in [-0.15, -0.1) is 0 Å². The van der Waals surface area contributed by atoms with E-state index in [-0.39, 0.29) is 0 Å². The van der Waals surface area contributed by atoms with E-state index in [0.717, 1.165) is 28.1 Å². The molecule has 0 aliphatic heterocycles.